The minimum absolute atomic E-state index is 0.261. The van der Waals surface area contributed by atoms with E-state index in [4.69, 9.17) is 5.73 Å². The van der Waals surface area contributed by atoms with Crippen LogP contribution >= 0.6 is 0 Å². The minimum atomic E-state index is 0.261. The zero-order valence-corrected chi connectivity index (χ0v) is 9.61. The summed E-state index contributed by atoms with van der Waals surface area (Å²) in [7, 11) is 0. The van der Waals surface area contributed by atoms with Gasteiger partial charge in [-0.3, -0.25) is 0 Å². The van der Waals surface area contributed by atoms with Crippen LogP contribution in [-0.4, -0.2) is 17.0 Å². The van der Waals surface area contributed by atoms with Gasteiger partial charge in [-0.05, 0) is 38.3 Å². The van der Waals surface area contributed by atoms with Crippen LogP contribution in [0.25, 0.3) is 0 Å². The van der Waals surface area contributed by atoms with Gasteiger partial charge < -0.3 is 10.6 Å². The van der Waals surface area contributed by atoms with Gasteiger partial charge in [-0.1, -0.05) is 18.6 Å². The van der Waals surface area contributed by atoms with E-state index in [0.29, 0.717) is 6.04 Å². The molecule has 0 amide bonds. The molecule has 82 valence electrons. The van der Waals surface area contributed by atoms with E-state index in [2.05, 4.69) is 43.2 Å². The fraction of sp³-hybridized carbons (Fsp3) is 0.538. The number of allylic oxidation sites excluding steroid dienone is 3. The van der Waals surface area contributed by atoms with E-state index in [9.17, 15) is 0 Å². The summed E-state index contributed by atoms with van der Waals surface area (Å²) in [6, 6.07) is 0.795. The molecule has 0 aromatic carbocycles. The maximum absolute atomic E-state index is 5.91. The molecule has 0 radical (unpaired) electrons. The predicted octanol–water partition coefficient (Wildman–Crippen LogP) is 2.55. The van der Waals surface area contributed by atoms with Crippen molar-refractivity contribution in [2.75, 3.05) is 0 Å². The number of nitrogens with two attached hydrogens (primary N) is 1. The highest BCUT2D eigenvalue weighted by molar-refractivity contribution is 5.27. The standard InChI is InChI=1S/C13H20N2/c1-3-13-10(2)5-4-8-15(13)12-7-6-11(14)9-12/h4-5,8-9,11,13H,3,6-7,14H2,1-2H3. The molecule has 0 aromatic heterocycles. The number of hydrogen-bond donors (Lipinski definition) is 1. The third-order valence-electron chi connectivity index (χ3n) is 3.33. The lowest BCUT2D eigenvalue weighted by atomic mass is 10.0. The van der Waals surface area contributed by atoms with Gasteiger partial charge in [0.25, 0.3) is 0 Å². The van der Waals surface area contributed by atoms with Gasteiger partial charge in [-0.2, -0.15) is 0 Å². The number of nitrogens with zero attached hydrogens (tertiary/aromatic N) is 1. The zero-order chi connectivity index (χ0) is 10.8. The normalized spacial score (nSPS) is 30.5. The topological polar surface area (TPSA) is 29.3 Å². The molecule has 2 unspecified atom stereocenters. The Hall–Kier alpha value is -1.02. The molecule has 15 heavy (non-hydrogen) atoms. The van der Waals surface area contributed by atoms with Crippen LogP contribution in [0.4, 0.5) is 0 Å². The SMILES string of the molecule is CCC1C(C)=CC=CN1C1=CC(N)CC1. The van der Waals surface area contributed by atoms with Crippen molar-refractivity contribution in [3.8, 4) is 0 Å². The third-order valence-corrected chi connectivity index (χ3v) is 3.33. The lowest BCUT2D eigenvalue weighted by Gasteiger charge is -2.34. The summed E-state index contributed by atoms with van der Waals surface area (Å²) < 4.78 is 0. The van der Waals surface area contributed by atoms with E-state index < -0.39 is 0 Å². The molecule has 2 aliphatic rings. The second-order valence-electron chi connectivity index (χ2n) is 4.44. The summed E-state index contributed by atoms with van der Waals surface area (Å²) in [5, 5.41) is 0. The molecule has 2 atom stereocenters. The van der Waals surface area contributed by atoms with Crippen molar-refractivity contribution in [3.05, 3.63) is 35.7 Å². The largest absolute Gasteiger partial charge is 0.345 e. The van der Waals surface area contributed by atoms with Crippen LogP contribution in [0.1, 0.15) is 33.1 Å². The van der Waals surface area contributed by atoms with Gasteiger partial charge in [0.15, 0.2) is 0 Å². The molecule has 2 rings (SSSR count). The molecular weight excluding hydrogens is 184 g/mol. The van der Waals surface area contributed by atoms with E-state index in [0.717, 1.165) is 19.3 Å². The van der Waals surface area contributed by atoms with Gasteiger partial charge in [0.1, 0.15) is 0 Å². The molecule has 0 saturated carbocycles. The Bertz CT molecular complexity index is 325. The van der Waals surface area contributed by atoms with Gasteiger partial charge in [0.05, 0.1) is 6.04 Å². The van der Waals surface area contributed by atoms with Crippen molar-refractivity contribution in [1.82, 2.24) is 4.90 Å². The number of hydrogen-bond acceptors (Lipinski definition) is 2. The summed E-state index contributed by atoms with van der Waals surface area (Å²) in [6.07, 6.45) is 12.1. The molecule has 0 saturated heterocycles. The fourth-order valence-corrected chi connectivity index (χ4v) is 2.48. The summed E-state index contributed by atoms with van der Waals surface area (Å²) in [4.78, 5) is 2.39. The summed E-state index contributed by atoms with van der Waals surface area (Å²) in [6.45, 7) is 4.45. The molecule has 0 aromatic rings. The van der Waals surface area contributed by atoms with E-state index in [-0.39, 0.29) is 6.04 Å². The molecular formula is C13H20N2. The first-order chi connectivity index (χ1) is 7.22. The molecule has 0 spiro atoms. The first kappa shape index (κ1) is 10.5. The number of rotatable bonds is 2. The second-order valence-corrected chi connectivity index (χ2v) is 4.44. The Labute approximate surface area is 92.1 Å². The maximum Gasteiger partial charge on any atom is 0.0540 e. The van der Waals surface area contributed by atoms with Crippen molar-refractivity contribution < 1.29 is 0 Å². The van der Waals surface area contributed by atoms with Gasteiger partial charge in [0, 0.05) is 17.9 Å². The molecule has 0 bridgehead atoms. The third kappa shape index (κ3) is 2.00. The first-order valence-electron chi connectivity index (χ1n) is 5.82. The Balaban J connectivity index is 2.19. The highest BCUT2D eigenvalue weighted by Gasteiger charge is 2.23. The van der Waals surface area contributed by atoms with Crippen molar-refractivity contribution in [3.63, 3.8) is 0 Å². The smallest absolute Gasteiger partial charge is 0.0540 e. The lowest BCUT2D eigenvalue weighted by Crippen LogP contribution is -2.31. The molecule has 1 heterocycles. The van der Waals surface area contributed by atoms with Gasteiger partial charge in [-0.25, -0.2) is 0 Å². The average molecular weight is 204 g/mol. The molecule has 2 nitrogen and oxygen atoms in total. The molecule has 2 N–H and O–H groups in total. The Morgan fingerprint density at radius 2 is 2.33 bits per heavy atom. The van der Waals surface area contributed by atoms with Crippen LogP contribution < -0.4 is 5.73 Å². The fourth-order valence-electron chi connectivity index (χ4n) is 2.48. The van der Waals surface area contributed by atoms with Crippen LogP contribution in [0.5, 0.6) is 0 Å². The van der Waals surface area contributed by atoms with Crippen molar-refractivity contribution in [2.45, 2.75) is 45.2 Å². The van der Waals surface area contributed by atoms with Crippen LogP contribution in [0.15, 0.2) is 35.7 Å². The molecule has 1 aliphatic carbocycles. The van der Waals surface area contributed by atoms with E-state index in [1.54, 1.807) is 0 Å². The minimum Gasteiger partial charge on any atom is -0.345 e. The van der Waals surface area contributed by atoms with Gasteiger partial charge in [-0.15, -0.1) is 0 Å². The van der Waals surface area contributed by atoms with Crippen molar-refractivity contribution in [1.29, 1.82) is 0 Å². The predicted molar refractivity (Wildman–Crippen MR) is 64.1 cm³/mol. The summed E-state index contributed by atoms with van der Waals surface area (Å²) in [5.41, 5.74) is 8.76. The summed E-state index contributed by atoms with van der Waals surface area (Å²) >= 11 is 0. The van der Waals surface area contributed by atoms with Crippen LogP contribution in [-0.2, 0) is 0 Å². The van der Waals surface area contributed by atoms with E-state index in [1.165, 1.54) is 11.3 Å². The van der Waals surface area contributed by atoms with Crippen molar-refractivity contribution >= 4 is 0 Å². The van der Waals surface area contributed by atoms with Crippen LogP contribution in [0, 0.1) is 0 Å². The Morgan fingerprint density at radius 3 is 2.93 bits per heavy atom. The monoisotopic (exact) mass is 204 g/mol. The van der Waals surface area contributed by atoms with Crippen LogP contribution in [0.3, 0.4) is 0 Å². The zero-order valence-electron chi connectivity index (χ0n) is 9.61. The average Bonchev–Trinajstić information content (AvgIpc) is 2.64. The Morgan fingerprint density at radius 1 is 1.53 bits per heavy atom. The maximum atomic E-state index is 5.91. The van der Waals surface area contributed by atoms with E-state index in [1.807, 2.05) is 0 Å². The molecule has 2 heteroatoms. The highest BCUT2D eigenvalue weighted by atomic mass is 15.2. The first-order valence-corrected chi connectivity index (χ1v) is 5.82. The quantitative estimate of drug-likeness (QED) is 0.749. The van der Waals surface area contributed by atoms with Crippen LogP contribution in [0.2, 0.25) is 0 Å². The van der Waals surface area contributed by atoms with Gasteiger partial charge >= 0.3 is 0 Å². The molecule has 1 aliphatic heterocycles. The van der Waals surface area contributed by atoms with Crippen molar-refractivity contribution in [2.24, 2.45) is 5.73 Å². The van der Waals surface area contributed by atoms with Gasteiger partial charge in [0.2, 0.25) is 0 Å². The molecule has 0 fully saturated rings. The lowest BCUT2D eigenvalue weighted by molar-refractivity contribution is 0.356. The van der Waals surface area contributed by atoms with E-state index >= 15 is 0 Å². The highest BCUT2D eigenvalue weighted by Crippen LogP contribution is 2.29. The Kier molecular flexibility index (Phi) is 2.96. The summed E-state index contributed by atoms with van der Waals surface area (Å²) in [5.74, 6) is 0. The second kappa shape index (κ2) is 4.23.